The third-order valence-electron chi connectivity index (χ3n) is 3.21. The van der Waals surface area contributed by atoms with Crippen molar-refractivity contribution in [2.75, 3.05) is 11.1 Å². The van der Waals surface area contributed by atoms with Crippen LogP contribution >= 0.6 is 11.8 Å². The van der Waals surface area contributed by atoms with Crippen LogP contribution in [0, 0.1) is 11.3 Å². The molecule has 2 aromatic rings. The standard InChI is InChI=1S/C14H14N6OS/c15-8-7-10-1-3-11(4-2-10)16-13(21)9-22-14-17-18-19-20(14)12-5-6-12/h1-4,12H,5-7,9H2,(H,16,21). The third kappa shape index (κ3) is 3.62. The van der Waals surface area contributed by atoms with Crippen LogP contribution in [-0.2, 0) is 11.2 Å². The third-order valence-corrected chi connectivity index (χ3v) is 4.14. The van der Waals surface area contributed by atoms with E-state index < -0.39 is 0 Å². The maximum atomic E-state index is 12.0. The normalized spacial score (nSPS) is 13.6. The van der Waals surface area contributed by atoms with Gasteiger partial charge in [0.2, 0.25) is 11.1 Å². The van der Waals surface area contributed by atoms with Crippen molar-refractivity contribution in [1.82, 2.24) is 20.2 Å². The van der Waals surface area contributed by atoms with Gasteiger partial charge in [0.25, 0.3) is 0 Å². The summed E-state index contributed by atoms with van der Waals surface area (Å²) in [5, 5.41) is 23.7. The maximum Gasteiger partial charge on any atom is 0.234 e. The van der Waals surface area contributed by atoms with Crippen LogP contribution < -0.4 is 5.32 Å². The number of hydrogen-bond acceptors (Lipinski definition) is 6. The number of hydrogen-bond donors (Lipinski definition) is 1. The SMILES string of the molecule is N#CCc1ccc(NC(=O)CSc2nnnn2C2CC2)cc1. The monoisotopic (exact) mass is 314 g/mol. The van der Waals surface area contributed by atoms with Gasteiger partial charge in [0.05, 0.1) is 24.3 Å². The topological polar surface area (TPSA) is 96.5 Å². The molecule has 1 N–H and O–H groups in total. The molecular weight excluding hydrogens is 300 g/mol. The Morgan fingerprint density at radius 1 is 1.41 bits per heavy atom. The molecule has 1 aliphatic carbocycles. The fourth-order valence-corrected chi connectivity index (χ4v) is 2.70. The Balaban J connectivity index is 1.51. The molecule has 1 heterocycles. The average molecular weight is 314 g/mol. The molecule has 3 rings (SSSR count). The summed E-state index contributed by atoms with van der Waals surface area (Å²) in [5.74, 6) is 0.149. The summed E-state index contributed by atoms with van der Waals surface area (Å²) in [6.45, 7) is 0. The first kappa shape index (κ1) is 14.5. The summed E-state index contributed by atoms with van der Waals surface area (Å²) >= 11 is 1.33. The van der Waals surface area contributed by atoms with Gasteiger partial charge in [-0.3, -0.25) is 4.79 Å². The highest BCUT2D eigenvalue weighted by Crippen LogP contribution is 2.36. The highest BCUT2D eigenvalue weighted by Gasteiger charge is 2.28. The zero-order valence-electron chi connectivity index (χ0n) is 11.8. The van der Waals surface area contributed by atoms with E-state index in [1.54, 1.807) is 16.8 Å². The van der Waals surface area contributed by atoms with Crippen LogP contribution in [0.2, 0.25) is 0 Å². The number of nitrogens with zero attached hydrogens (tertiary/aromatic N) is 5. The molecule has 0 atom stereocenters. The number of nitrogens with one attached hydrogen (secondary N) is 1. The van der Waals surface area contributed by atoms with Crippen LogP contribution in [0.3, 0.4) is 0 Å². The number of tetrazole rings is 1. The smallest absolute Gasteiger partial charge is 0.234 e. The number of rotatable bonds is 6. The molecule has 0 bridgehead atoms. The van der Waals surface area contributed by atoms with Crippen LogP contribution in [-0.4, -0.2) is 31.9 Å². The molecule has 8 heteroatoms. The van der Waals surface area contributed by atoms with Crippen LogP contribution in [0.1, 0.15) is 24.4 Å². The van der Waals surface area contributed by atoms with E-state index in [0.29, 0.717) is 23.3 Å². The van der Waals surface area contributed by atoms with Crippen molar-refractivity contribution >= 4 is 23.4 Å². The summed E-state index contributed by atoms with van der Waals surface area (Å²) in [7, 11) is 0. The van der Waals surface area contributed by atoms with Gasteiger partial charge in [-0.15, -0.1) is 5.10 Å². The van der Waals surface area contributed by atoms with Gasteiger partial charge in [-0.2, -0.15) is 5.26 Å². The predicted octanol–water partition coefficient (Wildman–Crippen LogP) is 1.80. The summed E-state index contributed by atoms with van der Waals surface area (Å²) in [6, 6.07) is 9.74. The van der Waals surface area contributed by atoms with Crippen molar-refractivity contribution in [1.29, 1.82) is 5.26 Å². The number of nitriles is 1. The fourth-order valence-electron chi connectivity index (χ4n) is 1.95. The van der Waals surface area contributed by atoms with Crippen LogP contribution in [0.25, 0.3) is 0 Å². The van der Waals surface area contributed by atoms with Crippen molar-refractivity contribution in [3.63, 3.8) is 0 Å². The molecule has 1 aliphatic rings. The second-order valence-electron chi connectivity index (χ2n) is 5.01. The molecule has 1 saturated carbocycles. The first-order valence-corrected chi connectivity index (χ1v) is 7.91. The zero-order valence-corrected chi connectivity index (χ0v) is 12.6. The van der Waals surface area contributed by atoms with Gasteiger partial charge in [0.15, 0.2) is 0 Å². The van der Waals surface area contributed by atoms with Gasteiger partial charge in [-0.1, -0.05) is 23.9 Å². The number of benzene rings is 1. The first-order chi connectivity index (χ1) is 10.8. The quantitative estimate of drug-likeness (QED) is 0.817. The van der Waals surface area contributed by atoms with E-state index in [1.165, 1.54) is 11.8 Å². The minimum Gasteiger partial charge on any atom is -0.325 e. The van der Waals surface area contributed by atoms with Crippen molar-refractivity contribution in [2.45, 2.75) is 30.5 Å². The molecular formula is C14H14N6OS. The predicted molar refractivity (Wildman–Crippen MR) is 81.2 cm³/mol. The summed E-state index contributed by atoms with van der Waals surface area (Å²) < 4.78 is 1.79. The zero-order chi connectivity index (χ0) is 15.4. The Morgan fingerprint density at radius 2 is 2.18 bits per heavy atom. The van der Waals surface area contributed by atoms with Crippen molar-refractivity contribution < 1.29 is 4.79 Å². The second kappa shape index (κ2) is 6.58. The van der Waals surface area contributed by atoms with E-state index >= 15 is 0 Å². The minimum absolute atomic E-state index is 0.108. The molecule has 22 heavy (non-hydrogen) atoms. The Bertz CT molecular complexity index is 701. The number of aromatic nitrogens is 4. The lowest BCUT2D eigenvalue weighted by Crippen LogP contribution is -2.14. The molecule has 1 aromatic heterocycles. The van der Waals surface area contributed by atoms with Gasteiger partial charge < -0.3 is 5.32 Å². The van der Waals surface area contributed by atoms with E-state index in [0.717, 1.165) is 18.4 Å². The summed E-state index contributed by atoms with van der Waals surface area (Å²) in [4.78, 5) is 12.0. The van der Waals surface area contributed by atoms with Crippen LogP contribution in [0.5, 0.6) is 0 Å². The molecule has 1 fully saturated rings. The summed E-state index contributed by atoms with van der Waals surface area (Å²) in [5.41, 5.74) is 1.65. The van der Waals surface area contributed by atoms with Gasteiger partial charge in [0, 0.05) is 5.69 Å². The van der Waals surface area contributed by atoms with Crippen molar-refractivity contribution in [2.24, 2.45) is 0 Å². The maximum absolute atomic E-state index is 12.0. The average Bonchev–Trinajstić information content (AvgIpc) is 3.26. The Kier molecular flexibility index (Phi) is 4.34. The van der Waals surface area contributed by atoms with E-state index in [-0.39, 0.29) is 11.7 Å². The van der Waals surface area contributed by atoms with E-state index in [9.17, 15) is 4.79 Å². The number of thioether (sulfide) groups is 1. The Hall–Kier alpha value is -2.40. The molecule has 7 nitrogen and oxygen atoms in total. The minimum atomic E-state index is -0.108. The van der Waals surface area contributed by atoms with E-state index in [4.69, 9.17) is 5.26 Å². The molecule has 0 unspecified atom stereocenters. The molecule has 0 radical (unpaired) electrons. The van der Waals surface area contributed by atoms with Crippen molar-refractivity contribution in [3.05, 3.63) is 29.8 Å². The number of anilines is 1. The van der Waals surface area contributed by atoms with Gasteiger partial charge in [0.1, 0.15) is 0 Å². The lowest BCUT2D eigenvalue weighted by Gasteiger charge is -2.05. The lowest BCUT2D eigenvalue weighted by atomic mass is 10.1. The van der Waals surface area contributed by atoms with Crippen LogP contribution in [0.15, 0.2) is 29.4 Å². The lowest BCUT2D eigenvalue weighted by molar-refractivity contribution is -0.113. The summed E-state index contributed by atoms with van der Waals surface area (Å²) in [6.07, 6.45) is 2.56. The largest absolute Gasteiger partial charge is 0.325 e. The highest BCUT2D eigenvalue weighted by molar-refractivity contribution is 7.99. The van der Waals surface area contributed by atoms with E-state index in [1.807, 2.05) is 12.1 Å². The first-order valence-electron chi connectivity index (χ1n) is 6.92. The Labute approximate surface area is 131 Å². The number of carbonyl (C=O) groups excluding carboxylic acids is 1. The number of carbonyl (C=O) groups is 1. The molecule has 1 aromatic carbocycles. The fraction of sp³-hybridized carbons (Fsp3) is 0.357. The van der Waals surface area contributed by atoms with Crippen LogP contribution in [0.4, 0.5) is 5.69 Å². The number of amides is 1. The second-order valence-corrected chi connectivity index (χ2v) is 5.95. The molecule has 0 aliphatic heterocycles. The highest BCUT2D eigenvalue weighted by atomic mass is 32.2. The van der Waals surface area contributed by atoms with Crippen molar-refractivity contribution in [3.8, 4) is 6.07 Å². The molecule has 112 valence electrons. The van der Waals surface area contributed by atoms with Gasteiger partial charge in [-0.25, -0.2) is 4.68 Å². The molecule has 0 spiro atoms. The van der Waals surface area contributed by atoms with Gasteiger partial charge >= 0.3 is 0 Å². The van der Waals surface area contributed by atoms with E-state index in [2.05, 4.69) is 26.9 Å². The Morgan fingerprint density at radius 3 is 2.86 bits per heavy atom. The molecule has 1 amide bonds. The van der Waals surface area contributed by atoms with Gasteiger partial charge in [-0.05, 0) is 41.0 Å². The molecule has 0 saturated heterocycles.